The highest BCUT2D eigenvalue weighted by atomic mass is 31.2. The Morgan fingerprint density at radius 3 is 2.91 bits per heavy atom. The minimum absolute atomic E-state index is 0.178. The van der Waals surface area contributed by atoms with Gasteiger partial charge >= 0.3 is 5.69 Å². The summed E-state index contributed by atoms with van der Waals surface area (Å²) in [6.07, 6.45) is 1.56. The van der Waals surface area contributed by atoms with E-state index in [9.17, 15) is 9.59 Å². The minimum atomic E-state index is -1.35. The second-order valence-electron chi connectivity index (χ2n) is 9.36. The lowest BCUT2D eigenvalue weighted by molar-refractivity contribution is -0.0459. The molecule has 2 saturated carbocycles. The molecule has 0 bridgehead atoms. The van der Waals surface area contributed by atoms with Crippen molar-refractivity contribution in [3.63, 3.8) is 0 Å². The molecule has 1 aliphatic heterocycles. The predicted molar refractivity (Wildman–Crippen MR) is 126 cm³/mol. The van der Waals surface area contributed by atoms with E-state index < -0.39 is 37.7 Å². The summed E-state index contributed by atoms with van der Waals surface area (Å²) in [6.45, 7) is 3.77. The Morgan fingerprint density at radius 2 is 2.17 bits per heavy atom. The van der Waals surface area contributed by atoms with E-state index in [1.807, 2.05) is 12.1 Å². The van der Waals surface area contributed by atoms with Crippen LogP contribution in [0.4, 0.5) is 10.2 Å². The molecule has 1 aromatic heterocycles. The first kappa shape index (κ1) is 24.0. The maximum absolute atomic E-state index is 15.0. The number of halogens is 1. The van der Waals surface area contributed by atoms with Crippen LogP contribution in [-0.2, 0) is 13.8 Å². The number of amides is 1. The lowest BCUT2D eigenvalue weighted by Gasteiger charge is -2.32. The molecule has 1 saturated heterocycles. The van der Waals surface area contributed by atoms with Gasteiger partial charge in [-0.2, -0.15) is 10.2 Å². The second-order valence-corrected chi connectivity index (χ2v) is 10.7. The van der Waals surface area contributed by atoms with Crippen LogP contribution in [0.25, 0.3) is 0 Å². The Balaban J connectivity index is 1.34. The molecule has 5 rings (SSSR count). The number of hydrogen-bond acceptors (Lipinski definition) is 7. The van der Waals surface area contributed by atoms with Gasteiger partial charge in [-0.05, 0) is 25.5 Å². The fourth-order valence-corrected chi connectivity index (χ4v) is 6.39. The highest BCUT2D eigenvalue weighted by Crippen LogP contribution is 2.70. The number of alkyl halides is 1. The smallest absolute Gasteiger partial charge is 0.351 e. The maximum atomic E-state index is 15.0. The Bertz CT molecular complexity index is 1240. The third kappa shape index (κ3) is 4.50. The molecule has 2 heterocycles. The van der Waals surface area contributed by atoms with E-state index in [-0.39, 0.29) is 43.5 Å². The van der Waals surface area contributed by atoms with Gasteiger partial charge in [-0.3, -0.25) is 9.36 Å². The van der Waals surface area contributed by atoms with Crippen LogP contribution in [0, 0.1) is 24.2 Å². The lowest BCUT2D eigenvalue weighted by Crippen LogP contribution is -2.38. The fraction of sp³-hybridized carbons (Fsp3) is 0.500. The number of aryl methyl sites for hydroxylation is 1. The molecule has 35 heavy (non-hydrogen) atoms. The lowest BCUT2D eigenvalue weighted by atomic mass is 9.93. The number of rotatable bonds is 8. The first-order valence-corrected chi connectivity index (χ1v) is 13.1. The highest BCUT2D eigenvalue weighted by Gasteiger charge is 2.76. The van der Waals surface area contributed by atoms with Crippen molar-refractivity contribution in [1.82, 2.24) is 9.55 Å². The van der Waals surface area contributed by atoms with Gasteiger partial charge in [0.25, 0.3) is 5.91 Å². The topological polar surface area (TPSA) is 115 Å². The molecule has 2 aliphatic carbocycles. The van der Waals surface area contributed by atoms with E-state index in [0.29, 0.717) is 17.5 Å². The van der Waals surface area contributed by atoms with E-state index in [2.05, 4.69) is 10.3 Å². The van der Waals surface area contributed by atoms with Crippen molar-refractivity contribution in [2.45, 2.75) is 56.2 Å². The Kier molecular flexibility index (Phi) is 6.22. The van der Waals surface area contributed by atoms with E-state index in [4.69, 9.17) is 19.0 Å². The summed E-state index contributed by atoms with van der Waals surface area (Å²) in [7, 11) is -1.35. The van der Waals surface area contributed by atoms with Crippen LogP contribution in [0.5, 0.6) is 0 Å². The number of nitrogens with one attached hydrogen (secondary N) is 1. The fourth-order valence-electron chi connectivity index (χ4n) is 5.23. The zero-order chi connectivity index (χ0) is 24.8. The van der Waals surface area contributed by atoms with E-state index in [1.54, 1.807) is 44.1 Å². The van der Waals surface area contributed by atoms with Gasteiger partial charge in [-0.15, -0.1) is 0 Å². The zero-order valence-electron chi connectivity index (χ0n) is 19.4. The molecular weight excluding hydrogens is 474 g/mol. The molecule has 3 aliphatic rings. The number of anilines is 1. The average Bonchev–Trinajstić information content (AvgIpc) is 3.23. The summed E-state index contributed by atoms with van der Waals surface area (Å²) < 4.78 is 34.5. The summed E-state index contributed by atoms with van der Waals surface area (Å²) in [4.78, 5) is 29.5. The van der Waals surface area contributed by atoms with Crippen LogP contribution < -0.4 is 11.0 Å². The van der Waals surface area contributed by atoms with Gasteiger partial charge in [0.1, 0.15) is 23.3 Å². The number of aromatic nitrogens is 2. The van der Waals surface area contributed by atoms with Crippen molar-refractivity contribution in [2.75, 3.05) is 18.6 Å². The molecule has 0 radical (unpaired) electrons. The van der Waals surface area contributed by atoms with Crippen LogP contribution >= 0.6 is 8.38 Å². The number of hydrogen-bond donors (Lipinski definition) is 1. The molecule has 1 unspecified atom stereocenters. The molecule has 2 aromatic rings. The van der Waals surface area contributed by atoms with E-state index >= 15 is 4.39 Å². The standard InChI is InChI=1S/C24H26FN4O5P/c1-15-13-29(22(31)28-20(15)27-21(30)16-7-4-3-5-8-16)18-12-24(34-35(2)32-10-6-9-26)14-23(25)11-17(23)19(24)33-18/h3-5,7-8,13,17-19H,6,10-12,14H2,1-2H3,(H,27,28,30,31)/t17-,18-,19-,23-,24-,35?/m1/s1. The molecular formula is C24H26FN4O5P. The van der Waals surface area contributed by atoms with Crippen molar-refractivity contribution in [3.05, 3.63) is 58.1 Å². The molecule has 1 amide bonds. The predicted octanol–water partition coefficient (Wildman–Crippen LogP) is 3.85. The Labute approximate surface area is 203 Å². The van der Waals surface area contributed by atoms with E-state index in [1.165, 1.54) is 4.57 Å². The molecule has 3 fully saturated rings. The molecule has 6 atom stereocenters. The zero-order valence-corrected chi connectivity index (χ0v) is 20.3. The van der Waals surface area contributed by atoms with Gasteiger partial charge in [0.2, 0.25) is 0 Å². The van der Waals surface area contributed by atoms with Gasteiger partial charge in [0, 0.05) is 42.7 Å². The third-order valence-corrected chi connectivity index (χ3v) is 8.04. The van der Waals surface area contributed by atoms with Crippen molar-refractivity contribution in [3.8, 4) is 6.07 Å². The Morgan fingerprint density at radius 1 is 1.40 bits per heavy atom. The van der Waals surface area contributed by atoms with Gasteiger partial charge in [-0.25, -0.2) is 9.18 Å². The second kappa shape index (κ2) is 9.07. The van der Waals surface area contributed by atoms with Crippen LogP contribution in [0.15, 0.2) is 41.3 Å². The number of ether oxygens (including phenoxy) is 1. The van der Waals surface area contributed by atoms with Crippen LogP contribution in [-0.4, -0.2) is 46.1 Å². The van der Waals surface area contributed by atoms with Crippen LogP contribution in [0.2, 0.25) is 0 Å². The number of nitrogens with zero attached hydrogens (tertiary/aromatic N) is 3. The number of carbonyl (C=O) groups excluding carboxylic acids is 1. The van der Waals surface area contributed by atoms with Crippen molar-refractivity contribution in [2.24, 2.45) is 5.92 Å². The summed E-state index contributed by atoms with van der Waals surface area (Å²) in [6, 6.07) is 10.7. The largest absolute Gasteiger partial charge is 0.351 e. The normalized spacial score (nSPS) is 31.3. The number of carbonyl (C=O) groups is 1. The van der Waals surface area contributed by atoms with Crippen LogP contribution in [0.3, 0.4) is 0 Å². The van der Waals surface area contributed by atoms with Gasteiger partial charge < -0.3 is 19.1 Å². The molecule has 0 spiro atoms. The monoisotopic (exact) mass is 500 g/mol. The van der Waals surface area contributed by atoms with Gasteiger partial charge in [-0.1, -0.05) is 18.2 Å². The molecule has 184 valence electrons. The number of fused-ring (bicyclic) bond motifs is 3. The Hall–Kier alpha value is -2.70. The molecule has 1 aromatic carbocycles. The average molecular weight is 500 g/mol. The number of nitriles is 1. The summed E-state index contributed by atoms with van der Waals surface area (Å²) in [5.41, 5.74) is -1.73. The molecule has 11 heteroatoms. The van der Waals surface area contributed by atoms with Crippen LogP contribution in [0.1, 0.15) is 47.8 Å². The van der Waals surface area contributed by atoms with Crippen molar-refractivity contribution >= 4 is 20.1 Å². The van der Waals surface area contributed by atoms with Gasteiger partial charge in [0.05, 0.1) is 25.2 Å². The summed E-state index contributed by atoms with van der Waals surface area (Å²) >= 11 is 0. The SMILES string of the molecule is Cc1cn([C@H]2C[C@@]3(OP(C)OCCC#N)C[C@]4(F)C[C@@H]4[C@H]3O2)c(=O)nc1NC(=O)c1ccccc1. The molecule has 1 N–H and O–H groups in total. The quantitative estimate of drug-likeness (QED) is 0.432. The maximum Gasteiger partial charge on any atom is 0.351 e. The molecule has 9 nitrogen and oxygen atoms in total. The third-order valence-electron chi connectivity index (χ3n) is 6.87. The number of benzene rings is 1. The first-order chi connectivity index (χ1) is 16.7. The van der Waals surface area contributed by atoms with Crippen molar-refractivity contribution in [1.29, 1.82) is 5.26 Å². The summed E-state index contributed by atoms with van der Waals surface area (Å²) in [5, 5.41) is 11.4. The van der Waals surface area contributed by atoms with Crippen molar-refractivity contribution < 1.29 is 23.0 Å². The highest BCUT2D eigenvalue weighted by molar-refractivity contribution is 7.46. The first-order valence-electron chi connectivity index (χ1n) is 11.5. The van der Waals surface area contributed by atoms with Gasteiger partial charge in [0.15, 0.2) is 8.38 Å². The summed E-state index contributed by atoms with van der Waals surface area (Å²) in [5.74, 6) is -0.459. The van der Waals surface area contributed by atoms with E-state index in [0.717, 1.165) is 0 Å². The minimum Gasteiger partial charge on any atom is -0.351 e.